The fourth-order valence-electron chi connectivity index (χ4n) is 1.31. The van der Waals surface area contributed by atoms with Crippen LogP contribution in [0.5, 0.6) is 0 Å². The van der Waals surface area contributed by atoms with E-state index < -0.39 is 10.8 Å². The van der Waals surface area contributed by atoms with Gasteiger partial charge in [-0.15, -0.1) is 11.3 Å². The molecule has 0 aromatic carbocycles. The Labute approximate surface area is 105 Å². The number of rotatable bonds is 5. The van der Waals surface area contributed by atoms with Gasteiger partial charge in [0.2, 0.25) is 0 Å². The number of nitrogens with one attached hydrogen (secondary N) is 1. The molecule has 1 N–H and O–H groups in total. The lowest BCUT2D eigenvalue weighted by Crippen LogP contribution is -2.30. The second-order valence-corrected chi connectivity index (χ2v) is 8.16. The first kappa shape index (κ1) is 13.9. The molecular weight excluding hydrogens is 238 g/mol. The van der Waals surface area contributed by atoms with Gasteiger partial charge in [0.1, 0.15) is 0 Å². The van der Waals surface area contributed by atoms with Crippen LogP contribution >= 0.6 is 11.3 Å². The maximum atomic E-state index is 11.8. The Hall–Kier alpha value is -0.190. The zero-order valence-corrected chi connectivity index (χ0v) is 12.1. The lowest BCUT2D eigenvalue weighted by molar-refractivity contribution is 0.598. The first-order valence-electron chi connectivity index (χ1n) is 5.56. The summed E-state index contributed by atoms with van der Waals surface area (Å²) in [7, 11) is -0.760. The molecule has 4 heteroatoms. The van der Waals surface area contributed by atoms with Crippen molar-refractivity contribution in [2.75, 3.05) is 12.3 Å². The fraction of sp³-hybridized carbons (Fsp3) is 0.667. The van der Waals surface area contributed by atoms with E-state index in [4.69, 9.17) is 0 Å². The van der Waals surface area contributed by atoms with Gasteiger partial charge in [-0.3, -0.25) is 4.21 Å². The lowest BCUT2D eigenvalue weighted by atomic mass is 10.3. The quantitative estimate of drug-likeness (QED) is 0.881. The van der Waals surface area contributed by atoms with Crippen LogP contribution in [0.2, 0.25) is 0 Å². The third-order valence-corrected chi connectivity index (χ3v) is 5.39. The molecule has 2 atom stereocenters. The molecule has 1 aromatic rings. The van der Waals surface area contributed by atoms with Crippen LogP contribution in [-0.2, 0) is 10.8 Å². The minimum atomic E-state index is -0.760. The van der Waals surface area contributed by atoms with E-state index in [1.165, 1.54) is 4.88 Å². The van der Waals surface area contributed by atoms with Gasteiger partial charge in [0.05, 0.1) is 0 Å². The lowest BCUT2D eigenvalue weighted by Gasteiger charge is -2.19. The van der Waals surface area contributed by atoms with Crippen LogP contribution in [0, 0.1) is 0 Å². The summed E-state index contributed by atoms with van der Waals surface area (Å²) in [6.45, 7) is 9.01. The molecule has 2 nitrogen and oxygen atoms in total. The molecule has 16 heavy (non-hydrogen) atoms. The fourth-order valence-corrected chi connectivity index (χ4v) is 2.99. The number of hydrogen-bond donors (Lipinski definition) is 1. The van der Waals surface area contributed by atoms with E-state index in [1.54, 1.807) is 11.3 Å². The highest BCUT2D eigenvalue weighted by Gasteiger charge is 2.18. The molecule has 0 saturated carbocycles. The smallest absolute Gasteiger partial charge is 0.0386 e. The largest absolute Gasteiger partial charge is 0.309 e. The zero-order chi connectivity index (χ0) is 12.2. The van der Waals surface area contributed by atoms with Crippen LogP contribution in [0.3, 0.4) is 0 Å². The zero-order valence-electron chi connectivity index (χ0n) is 10.4. The van der Waals surface area contributed by atoms with Gasteiger partial charge in [-0.25, -0.2) is 0 Å². The molecular formula is C12H21NOS2. The van der Waals surface area contributed by atoms with Crippen molar-refractivity contribution >= 4 is 22.1 Å². The van der Waals surface area contributed by atoms with Gasteiger partial charge in [0.15, 0.2) is 0 Å². The van der Waals surface area contributed by atoms with Gasteiger partial charge in [-0.05, 0) is 39.1 Å². The molecule has 0 saturated heterocycles. The minimum Gasteiger partial charge on any atom is -0.309 e. The maximum Gasteiger partial charge on any atom is 0.0386 e. The first-order valence-corrected chi connectivity index (χ1v) is 7.76. The second kappa shape index (κ2) is 5.94. The first-order chi connectivity index (χ1) is 7.41. The third kappa shape index (κ3) is 4.36. The van der Waals surface area contributed by atoms with E-state index in [9.17, 15) is 4.21 Å². The predicted molar refractivity (Wildman–Crippen MR) is 73.5 cm³/mol. The van der Waals surface area contributed by atoms with Crippen LogP contribution in [0.25, 0.3) is 0 Å². The summed E-state index contributed by atoms with van der Waals surface area (Å²) in [5.41, 5.74) is 0. The Morgan fingerprint density at radius 1 is 1.50 bits per heavy atom. The predicted octanol–water partition coefficient (Wildman–Crippen LogP) is 2.95. The Balaban J connectivity index is 2.29. The summed E-state index contributed by atoms with van der Waals surface area (Å²) in [5, 5.41) is 5.49. The van der Waals surface area contributed by atoms with Crippen molar-refractivity contribution in [3.8, 4) is 0 Å². The highest BCUT2D eigenvalue weighted by atomic mass is 32.2. The molecule has 92 valence electrons. The minimum absolute atomic E-state index is 0.103. The molecule has 0 spiro atoms. The molecule has 2 unspecified atom stereocenters. The standard InChI is InChI=1S/C12H21NOS2/c1-10(11-6-5-8-15-11)13-7-9-16(14)12(2,3)4/h5-6,8,10,13H,7,9H2,1-4H3. The highest BCUT2D eigenvalue weighted by molar-refractivity contribution is 7.86. The summed E-state index contributed by atoms with van der Waals surface area (Å²) in [5.74, 6) is 0.721. The van der Waals surface area contributed by atoms with Gasteiger partial charge >= 0.3 is 0 Å². The van der Waals surface area contributed by atoms with Gasteiger partial charge < -0.3 is 5.32 Å². The van der Waals surface area contributed by atoms with Crippen LogP contribution < -0.4 is 5.32 Å². The van der Waals surface area contributed by atoms with Crippen molar-refractivity contribution in [2.24, 2.45) is 0 Å². The van der Waals surface area contributed by atoms with E-state index >= 15 is 0 Å². The Morgan fingerprint density at radius 2 is 2.19 bits per heavy atom. The van der Waals surface area contributed by atoms with Crippen LogP contribution in [0.15, 0.2) is 17.5 Å². The van der Waals surface area contributed by atoms with Crippen LogP contribution in [0.1, 0.15) is 38.6 Å². The maximum absolute atomic E-state index is 11.8. The Bertz CT molecular complexity index is 327. The normalized spacial score (nSPS) is 16.0. The molecule has 1 rings (SSSR count). The highest BCUT2D eigenvalue weighted by Crippen LogP contribution is 2.18. The van der Waals surface area contributed by atoms with Crippen molar-refractivity contribution in [3.05, 3.63) is 22.4 Å². The van der Waals surface area contributed by atoms with E-state index in [-0.39, 0.29) is 4.75 Å². The van der Waals surface area contributed by atoms with Crippen LogP contribution in [-0.4, -0.2) is 21.3 Å². The van der Waals surface area contributed by atoms with Crippen molar-refractivity contribution in [1.29, 1.82) is 0 Å². The van der Waals surface area contributed by atoms with Crippen molar-refractivity contribution in [2.45, 2.75) is 38.5 Å². The molecule has 1 aromatic heterocycles. The molecule has 0 amide bonds. The van der Waals surface area contributed by atoms with Crippen molar-refractivity contribution in [3.63, 3.8) is 0 Å². The van der Waals surface area contributed by atoms with Gasteiger partial charge in [0.25, 0.3) is 0 Å². The topological polar surface area (TPSA) is 29.1 Å². The van der Waals surface area contributed by atoms with Crippen LogP contribution in [0.4, 0.5) is 0 Å². The van der Waals surface area contributed by atoms with E-state index in [1.807, 2.05) is 20.8 Å². The van der Waals surface area contributed by atoms with Gasteiger partial charge in [-0.1, -0.05) is 6.07 Å². The average molecular weight is 259 g/mol. The van der Waals surface area contributed by atoms with Crippen molar-refractivity contribution < 1.29 is 4.21 Å². The number of thiophene rings is 1. The van der Waals surface area contributed by atoms with E-state index in [0.717, 1.165) is 12.3 Å². The summed E-state index contributed by atoms with van der Waals surface area (Å²) < 4.78 is 11.7. The third-order valence-electron chi connectivity index (χ3n) is 2.39. The second-order valence-electron chi connectivity index (χ2n) is 4.85. The summed E-state index contributed by atoms with van der Waals surface area (Å²) in [4.78, 5) is 1.33. The molecule has 1 heterocycles. The Kier molecular flexibility index (Phi) is 5.15. The molecule has 0 radical (unpaired) electrons. The van der Waals surface area contributed by atoms with E-state index in [2.05, 4.69) is 29.8 Å². The summed E-state index contributed by atoms with van der Waals surface area (Å²) >= 11 is 1.76. The molecule has 0 aliphatic carbocycles. The monoisotopic (exact) mass is 259 g/mol. The van der Waals surface area contributed by atoms with Gasteiger partial charge in [-0.2, -0.15) is 0 Å². The molecule has 0 bridgehead atoms. The Morgan fingerprint density at radius 3 is 2.69 bits per heavy atom. The van der Waals surface area contributed by atoms with E-state index in [0.29, 0.717) is 6.04 Å². The SMILES string of the molecule is CC(NCCS(=O)C(C)(C)C)c1cccs1. The summed E-state index contributed by atoms with van der Waals surface area (Å²) in [6, 6.07) is 4.55. The van der Waals surface area contributed by atoms with Gasteiger partial charge in [0, 0.05) is 38.8 Å². The summed E-state index contributed by atoms with van der Waals surface area (Å²) in [6.07, 6.45) is 0. The van der Waals surface area contributed by atoms with Crippen molar-refractivity contribution in [1.82, 2.24) is 5.32 Å². The average Bonchev–Trinajstić information content (AvgIpc) is 2.68. The molecule has 0 fully saturated rings. The number of hydrogen-bond acceptors (Lipinski definition) is 3. The molecule has 0 aliphatic heterocycles. The molecule has 0 aliphatic rings.